The van der Waals surface area contributed by atoms with Crippen molar-refractivity contribution in [2.75, 3.05) is 40.9 Å². The van der Waals surface area contributed by atoms with Crippen molar-refractivity contribution in [2.24, 2.45) is 0 Å². The number of rotatable bonds is 9. The van der Waals surface area contributed by atoms with E-state index >= 15 is 0 Å². The highest BCUT2D eigenvalue weighted by Crippen LogP contribution is 2.42. The molecule has 1 amide bonds. The van der Waals surface area contributed by atoms with Crippen LogP contribution >= 0.6 is 0 Å². The van der Waals surface area contributed by atoms with E-state index in [-0.39, 0.29) is 16.7 Å². The van der Waals surface area contributed by atoms with Gasteiger partial charge in [-0.1, -0.05) is 45.9 Å². The molecule has 36 heavy (non-hydrogen) atoms. The van der Waals surface area contributed by atoms with Crippen molar-refractivity contribution in [3.8, 4) is 11.5 Å². The molecular weight excluding hydrogens is 456 g/mol. The maximum Gasteiger partial charge on any atom is 0.295 e. The minimum Gasteiger partial charge on any atom is -0.507 e. The van der Waals surface area contributed by atoms with E-state index in [0.29, 0.717) is 42.3 Å². The highest BCUT2D eigenvalue weighted by Gasteiger charge is 2.46. The number of likely N-dealkylation sites (tertiary alicyclic amines) is 1. The van der Waals surface area contributed by atoms with Gasteiger partial charge >= 0.3 is 0 Å². The van der Waals surface area contributed by atoms with E-state index in [1.165, 1.54) is 12.0 Å². The number of likely N-dealkylation sites (N-methyl/N-ethyl adjacent to an activating group) is 1. The average Bonchev–Trinajstić information content (AvgIpc) is 3.09. The highest BCUT2D eigenvalue weighted by atomic mass is 16.5. The summed E-state index contributed by atoms with van der Waals surface area (Å²) in [5, 5.41) is 11.6. The summed E-state index contributed by atoms with van der Waals surface area (Å²) in [6.45, 7) is 9.69. The third kappa shape index (κ3) is 5.73. The fraction of sp³-hybridized carbons (Fsp3) is 0.448. The topological polar surface area (TPSA) is 79.3 Å². The van der Waals surface area contributed by atoms with E-state index in [1.54, 1.807) is 6.07 Å². The molecule has 2 aromatic carbocycles. The molecule has 0 bridgehead atoms. The molecule has 1 saturated heterocycles. The molecule has 1 heterocycles. The Morgan fingerprint density at radius 3 is 2.44 bits per heavy atom. The summed E-state index contributed by atoms with van der Waals surface area (Å²) >= 11 is 0. The first kappa shape index (κ1) is 27.3. The quantitative estimate of drug-likeness (QED) is 0.308. The first-order valence-electron chi connectivity index (χ1n) is 12.3. The van der Waals surface area contributed by atoms with Gasteiger partial charge in [0.25, 0.3) is 11.7 Å². The Hall–Kier alpha value is -3.32. The largest absolute Gasteiger partial charge is 0.507 e. The fourth-order valence-corrected chi connectivity index (χ4v) is 4.26. The number of Topliss-reactive ketones (excluding diaryl/α,β-unsaturated/α-hetero) is 1. The molecule has 1 N–H and O–H groups in total. The van der Waals surface area contributed by atoms with Crippen molar-refractivity contribution in [3.63, 3.8) is 0 Å². The number of aliphatic hydroxyl groups excluding tert-OH is 1. The average molecular weight is 495 g/mol. The van der Waals surface area contributed by atoms with Gasteiger partial charge < -0.3 is 24.4 Å². The van der Waals surface area contributed by atoms with Gasteiger partial charge in [0.15, 0.2) is 0 Å². The molecule has 7 nitrogen and oxygen atoms in total. The zero-order chi connectivity index (χ0) is 26.6. The predicted molar refractivity (Wildman–Crippen MR) is 141 cm³/mol. The van der Waals surface area contributed by atoms with Gasteiger partial charge in [-0.05, 0) is 61.3 Å². The van der Waals surface area contributed by atoms with E-state index < -0.39 is 17.7 Å². The number of carbonyl (C=O) groups excluding carboxylic acids is 2. The Labute approximate surface area is 214 Å². The van der Waals surface area contributed by atoms with E-state index in [1.807, 2.05) is 62.3 Å². The number of carbonyl (C=O) groups is 2. The molecule has 1 atom stereocenters. The third-order valence-electron chi connectivity index (χ3n) is 6.30. The lowest BCUT2D eigenvalue weighted by molar-refractivity contribution is -0.140. The van der Waals surface area contributed by atoms with Gasteiger partial charge in [0.05, 0.1) is 30.9 Å². The first-order chi connectivity index (χ1) is 17.0. The first-order valence-corrected chi connectivity index (χ1v) is 12.3. The summed E-state index contributed by atoms with van der Waals surface area (Å²) in [5.74, 6) is -0.499. The maximum atomic E-state index is 13.4. The summed E-state index contributed by atoms with van der Waals surface area (Å²) in [6.07, 6.45) is 0.857. The molecule has 1 aliphatic heterocycles. The monoisotopic (exact) mass is 494 g/mol. The van der Waals surface area contributed by atoms with Gasteiger partial charge in [-0.3, -0.25) is 9.59 Å². The fourth-order valence-electron chi connectivity index (χ4n) is 4.26. The number of benzene rings is 2. The van der Waals surface area contributed by atoms with Crippen LogP contribution in [0.3, 0.4) is 0 Å². The van der Waals surface area contributed by atoms with Gasteiger partial charge in [0, 0.05) is 13.1 Å². The molecule has 0 aliphatic carbocycles. The Morgan fingerprint density at radius 1 is 1.11 bits per heavy atom. The Balaban J connectivity index is 2.23. The number of nitrogens with zero attached hydrogens (tertiary/aromatic N) is 2. The van der Waals surface area contributed by atoms with Crippen molar-refractivity contribution < 1.29 is 24.2 Å². The summed E-state index contributed by atoms with van der Waals surface area (Å²) in [6, 6.07) is 12.2. The molecule has 0 aromatic heterocycles. The van der Waals surface area contributed by atoms with E-state index in [2.05, 4.69) is 20.8 Å². The Kier molecular flexibility index (Phi) is 8.46. The lowest BCUT2D eigenvalue weighted by Crippen LogP contribution is -2.35. The number of ketones is 1. The molecular formula is C29H38N2O5. The van der Waals surface area contributed by atoms with E-state index in [0.717, 1.165) is 12.0 Å². The molecule has 0 spiro atoms. The smallest absolute Gasteiger partial charge is 0.295 e. The number of methoxy groups -OCH3 is 1. The van der Waals surface area contributed by atoms with Crippen LogP contribution in [0.2, 0.25) is 0 Å². The number of ether oxygens (including phenoxy) is 2. The highest BCUT2D eigenvalue weighted by molar-refractivity contribution is 6.46. The van der Waals surface area contributed by atoms with Crippen molar-refractivity contribution >= 4 is 17.4 Å². The second-order valence-corrected chi connectivity index (χ2v) is 10.4. The number of aliphatic hydroxyl groups is 1. The van der Waals surface area contributed by atoms with Crippen molar-refractivity contribution in [3.05, 3.63) is 64.7 Å². The predicted octanol–water partition coefficient (Wildman–Crippen LogP) is 4.76. The number of hydrogen-bond donors (Lipinski definition) is 1. The molecule has 0 radical (unpaired) electrons. The van der Waals surface area contributed by atoms with Crippen LogP contribution in [0, 0.1) is 0 Å². The van der Waals surface area contributed by atoms with Gasteiger partial charge in [-0.15, -0.1) is 0 Å². The SMILES string of the molecule is CCCOc1cccc(C2/C(=C(\O)c3cc(C(C)(C)C)ccc3OC)C(=O)C(=O)N2CCN(C)C)c1. The van der Waals surface area contributed by atoms with Crippen LogP contribution in [0.25, 0.3) is 5.76 Å². The number of amides is 1. The maximum absolute atomic E-state index is 13.4. The lowest BCUT2D eigenvalue weighted by atomic mass is 9.85. The molecule has 0 saturated carbocycles. The van der Waals surface area contributed by atoms with Crippen LogP contribution < -0.4 is 9.47 Å². The van der Waals surface area contributed by atoms with Crippen molar-refractivity contribution in [1.29, 1.82) is 0 Å². The second-order valence-electron chi connectivity index (χ2n) is 10.4. The van der Waals surface area contributed by atoms with Crippen LogP contribution in [-0.4, -0.2) is 67.5 Å². The molecule has 2 aromatic rings. The third-order valence-corrected chi connectivity index (χ3v) is 6.30. The minimum absolute atomic E-state index is 0.0516. The summed E-state index contributed by atoms with van der Waals surface area (Å²) in [4.78, 5) is 30.1. The standard InChI is InChI=1S/C29H38N2O5/c1-8-16-36-21-11-9-10-19(17-21)25-24(27(33)28(34)31(25)15-14-30(5)6)26(32)22-18-20(29(2,3)4)12-13-23(22)35-7/h9-13,17-18,25,32H,8,14-16H2,1-7H3/b26-24+. The normalized spacial score (nSPS) is 17.7. The molecule has 3 rings (SSSR count). The van der Waals surface area contributed by atoms with E-state index in [4.69, 9.17) is 9.47 Å². The van der Waals surface area contributed by atoms with E-state index in [9.17, 15) is 14.7 Å². The van der Waals surface area contributed by atoms with Crippen LogP contribution in [0.15, 0.2) is 48.0 Å². The second kappa shape index (κ2) is 11.2. The van der Waals surface area contributed by atoms with Crippen molar-refractivity contribution in [1.82, 2.24) is 9.80 Å². The number of hydrogen-bond acceptors (Lipinski definition) is 6. The summed E-state index contributed by atoms with van der Waals surface area (Å²) in [5.41, 5.74) is 1.92. The Bertz CT molecular complexity index is 1150. The Morgan fingerprint density at radius 2 is 1.83 bits per heavy atom. The van der Waals surface area contributed by atoms with Crippen LogP contribution in [-0.2, 0) is 15.0 Å². The van der Waals surface area contributed by atoms with Crippen molar-refractivity contribution in [2.45, 2.75) is 45.6 Å². The van der Waals surface area contributed by atoms with Gasteiger partial charge in [-0.25, -0.2) is 0 Å². The summed E-state index contributed by atoms with van der Waals surface area (Å²) < 4.78 is 11.4. The molecule has 1 unspecified atom stereocenters. The zero-order valence-corrected chi connectivity index (χ0v) is 22.4. The molecule has 7 heteroatoms. The lowest BCUT2D eigenvalue weighted by Gasteiger charge is -2.27. The van der Waals surface area contributed by atoms with Crippen LogP contribution in [0.4, 0.5) is 0 Å². The van der Waals surface area contributed by atoms with Gasteiger partial charge in [0.1, 0.15) is 17.3 Å². The van der Waals surface area contributed by atoms with Crippen LogP contribution in [0.5, 0.6) is 11.5 Å². The van der Waals surface area contributed by atoms with Crippen LogP contribution in [0.1, 0.15) is 56.8 Å². The van der Waals surface area contributed by atoms with Gasteiger partial charge in [0.2, 0.25) is 0 Å². The molecule has 194 valence electrons. The minimum atomic E-state index is -0.752. The molecule has 1 fully saturated rings. The summed E-state index contributed by atoms with van der Waals surface area (Å²) in [7, 11) is 5.34. The molecule has 1 aliphatic rings. The zero-order valence-electron chi connectivity index (χ0n) is 22.4. The van der Waals surface area contributed by atoms with Gasteiger partial charge in [-0.2, -0.15) is 0 Å².